The molecule has 4 heteroatoms. The highest BCUT2D eigenvalue weighted by molar-refractivity contribution is 5.37. The van der Waals surface area contributed by atoms with Crippen molar-refractivity contribution >= 4 is 0 Å². The van der Waals surface area contributed by atoms with Crippen molar-refractivity contribution in [2.24, 2.45) is 0 Å². The molecule has 0 amide bonds. The Labute approximate surface area is 119 Å². The van der Waals surface area contributed by atoms with E-state index in [-0.39, 0.29) is 12.4 Å². The predicted octanol–water partition coefficient (Wildman–Crippen LogP) is 1.78. The molecule has 0 saturated carbocycles. The smallest absolute Gasteiger partial charge is 0.128 e. The first-order valence-electron chi connectivity index (χ1n) is 6.94. The predicted molar refractivity (Wildman–Crippen MR) is 75.7 cm³/mol. The van der Waals surface area contributed by atoms with Gasteiger partial charge in [0.15, 0.2) is 0 Å². The SMILES string of the molecule is CCC1COCCN1Cc1ccc(C#CCO)cc1F. The van der Waals surface area contributed by atoms with Crippen molar-refractivity contribution in [1.82, 2.24) is 4.90 Å². The molecule has 0 aromatic heterocycles. The second kappa shape index (κ2) is 7.39. The van der Waals surface area contributed by atoms with Gasteiger partial charge in [0.05, 0.1) is 13.2 Å². The zero-order chi connectivity index (χ0) is 14.4. The fraction of sp³-hybridized carbons (Fsp3) is 0.500. The van der Waals surface area contributed by atoms with Crippen LogP contribution in [-0.4, -0.2) is 42.4 Å². The minimum Gasteiger partial charge on any atom is -0.384 e. The number of aliphatic hydroxyl groups excluding tert-OH is 1. The summed E-state index contributed by atoms with van der Waals surface area (Å²) in [4.78, 5) is 2.26. The summed E-state index contributed by atoms with van der Waals surface area (Å²) in [6.45, 7) is 4.77. The molecule has 1 aliphatic rings. The van der Waals surface area contributed by atoms with Gasteiger partial charge >= 0.3 is 0 Å². The molecule has 1 fully saturated rings. The van der Waals surface area contributed by atoms with E-state index in [0.717, 1.165) is 19.6 Å². The molecule has 0 bridgehead atoms. The van der Waals surface area contributed by atoms with E-state index < -0.39 is 0 Å². The van der Waals surface area contributed by atoms with E-state index in [0.29, 0.717) is 30.3 Å². The Morgan fingerprint density at radius 3 is 3.05 bits per heavy atom. The first-order valence-corrected chi connectivity index (χ1v) is 6.94. The van der Waals surface area contributed by atoms with Gasteiger partial charge in [-0.15, -0.1) is 0 Å². The molecule has 1 aliphatic heterocycles. The summed E-state index contributed by atoms with van der Waals surface area (Å²) >= 11 is 0. The lowest BCUT2D eigenvalue weighted by atomic mass is 10.1. The van der Waals surface area contributed by atoms with E-state index in [9.17, 15) is 4.39 Å². The van der Waals surface area contributed by atoms with Gasteiger partial charge in [-0.1, -0.05) is 24.8 Å². The molecule has 1 aromatic carbocycles. The maximum absolute atomic E-state index is 14.1. The van der Waals surface area contributed by atoms with Gasteiger partial charge in [-0.05, 0) is 18.6 Å². The molecule has 1 aromatic rings. The molecule has 0 aliphatic carbocycles. The fourth-order valence-corrected chi connectivity index (χ4v) is 2.39. The summed E-state index contributed by atoms with van der Waals surface area (Å²) in [6, 6.07) is 5.36. The Hall–Kier alpha value is -1.41. The van der Waals surface area contributed by atoms with E-state index in [1.54, 1.807) is 12.1 Å². The van der Waals surface area contributed by atoms with Gasteiger partial charge in [0.2, 0.25) is 0 Å². The van der Waals surface area contributed by atoms with E-state index in [4.69, 9.17) is 9.84 Å². The van der Waals surface area contributed by atoms with Crippen LogP contribution in [-0.2, 0) is 11.3 Å². The highest BCUT2D eigenvalue weighted by Crippen LogP contribution is 2.17. The second-order valence-electron chi connectivity index (χ2n) is 4.87. The molecule has 1 saturated heterocycles. The van der Waals surface area contributed by atoms with Crippen molar-refractivity contribution in [3.63, 3.8) is 0 Å². The molecule has 1 unspecified atom stereocenters. The van der Waals surface area contributed by atoms with Crippen LogP contribution in [0, 0.1) is 17.7 Å². The molecule has 1 N–H and O–H groups in total. The van der Waals surface area contributed by atoms with Gasteiger partial charge in [-0.3, -0.25) is 4.90 Å². The molecule has 3 nitrogen and oxygen atoms in total. The van der Waals surface area contributed by atoms with Crippen molar-refractivity contribution in [1.29, 1.82) is 0 Å². The van der Waals surface area contributed by atoms with E-state index in [2.05, 4.69) is 23.7 Å². The standard InChI is InChI=1S/C16H20FNO2/c1-2-15-12-20-9-7-18(15)11-14-6-5-13(4-3-8-19)10-16(14)17/h5-6,10,15,19H,2,7-9,11-12H2,1H3. The molecule has 0 radical (unpaired) electrons. The maximum atomic E-state index is 14.1. The zero-order valence-corrected chi connectivity index (χ0v) is 11.7. The molecule has 0 spiro atoms. The molecule has 108 valence electrons. The molecule has 1 heterocycles. The van der Waals surface area contributed by atoms with Crippen LogP contribution in [0.1, 0.15) is 24.5 Å². The van der Waals surface area contributed by atoms with Crippen LogP contribution in [0.15, 0.2) is 18.2 Å². The Balaban J connectivity index is 2.09. The monoisotopic (exact) mass is 277 g/mol. The summed E-state index contributed by atoms with van der Waals surface area (Å²) in [7, 11) is 0. The number of hydrogen-bond donors (Lipinski definition) is 1. The number of rotatable bonds is 3. The molecular weight excluding hydrogens is 257 g/mol. The largest absolute Gasteiger partial charge is 0.384 e. The highest BCUT2D eigenvalue weighted by Gasteiger charge is 2.22. The first kappa shape index (κ1) is 15.0. The van der Waals surface area contributed by atoms with Crippen molar-refractivity contribution in [3.05, 3.63) is 35.1 Å². The Morgan fingerprint density at radius 2 is 2.35 bits per heavy atom. The first-order chi connectivity index (χ1) is 9.74. The summed E-state index contributed by atoms with van der Waals surface area (Å²) in [5.74, 6) is 4.99. The van der Waals surface area contributed by atoms with Crippen LogP contribution < -0.4 is 0 Å². The number of halogens is 1. The Morgan fingerprint density at radius 1 is 1.50 bits per heavy atom. The Bertz CT molecular complexity index is 507. The lowest BCUT2D eigenvalue weighted by Crippen LogP contribution is -2.44. The molecular formula is C16H20FNO2. The lowest BCUT2D eigenvalue weighted by Gasteiger charge is -2.35. The lowest BCUT2D eigenvalue weighted by molar-refractivity contribution is -0.0131. The average molecular weight is 277 g/mol. The van der Waals surface area contributed by atoms with Crippen molar-refractivity contribution in [3.8, 4) is 11.8 Å². The third-order valence-corrected chi connectivity index (χ3v) is 3.56. The van der Waals surface area contributed by atoms with E-state index in [1.807, 2.05) is 0 Å². The van der Waals surface area contributed by atoms with Gasteiger partial charge in [0.25, 0.3) is 0 Å². The fourth-order valence-electron chi connectivity index (χ4n) is 2.39. The summed E-state index contributed by atoms with van der Waals surface area (Å²) in [5.41, 5.74) is 1.27. The average Bonchev–Trinajstić information content (AvgIpc) is 2.48. The third kappa shape index (κ3) is 3.80. The van der Waals surface area contributed by atoms with Gasteiger partial charge in [-0.25, -0.2) is 4.39 Å². The minimum atomic E-state index is -0.240. The van der Waals surface area contributed by atoms with Crippen molar-refractivity contribution < 1.29 is 14.2 Å². The van der Waals surface area contributed by atoms with Crippen LogP contribution in [0.25, 0.3) is 0 Å². The van der Waals surface area contributed by atoms with E-state index >= 15 is 0 Å². The van der Waals surface area contributed by atoms with Gasteiger partial charge in [-0.2, -0.15) is 0 Å². The Kier molecular flexibility index (Phi) is 5.54. The number of benzene rings is 1. The molecule has 20 heavy (non-hydrogen) atoms. The normalized spacial score (nSPS) is 19.4. The summed E-state index contributed by atoms with van der Waals surface area (Å²) in [5, 5.41) is 8.64. The summed E-state index contributed by atoms with van der Waals surface area (Å²) < 4.78 is 19.5. The third-order valence-electron chi connectivity index (χ3n) is 3.56. The topological polar surface area (TPSA) is 32.7 Å². The van der Waals surface area contributed by atoms with E-state index in [1.165, 1.54) is 6.07 Å². The number of ether oxygens (including phenoxy) is 1. The van der Waals surface area contributed by atoms with Crippen molar-refractivity contribution in [2.45, 2.75) is 25.9 Å². The van der Waals surface area contributed by atoms with Crippen LogP contribution in [0.2, 0.25) is 0 Å². The van der Waals surface area contributed by atoms with Gasteiger partial charge in [0, 0.05) is 30.3 Å². The van der Waals surface area contributed by atoms with Gasteiger partial charge in [0.1, 0.15) is 12.4 Å². The summed E-state index contributed by atoms with van der Waals surface area (Å²) in [6.07, 6.45) is 1.00. The quantitative estimate of drug-likeness (QED) is 0.855. The highest BCUT2D eigenvalue weighted by atomic mass is 19.1. The number of hydrogen-bond acceptors (Lipinski definition) is 3. The van der Waals surface area contributed by atoms with Crippen LogP contribution in [0.3, 0.4) is 0 Å². The van der Waals surface area contributed by atoms with Crippen molar-refractivity contribution in [2.75, 3.05) is 26.4 Å². The van der Waals surface area contributed by atoms with Crippen LogP contribution >= 0.6 is 0 Å². The number of morpholine rings is 1. The number of nitrogens with zero attached hydrogens (tertiary/aromatic N) is 1. The maximum Gasteiger partial charge on any atom is 0.128 e. The van der Waals surface area contributed by atoms with Gasteiger partial charge < -0.3 is 9.84 Å². The molecule has 2 rings (SSSR count). The minimum absolute atomic E-state index is 0.213. The second-order valence-corrected chi connectivity index (χ2v) is 4.87. The van der Waals surface area contributed by atoms with Crippen LogP contribution in [0.5, 0.6) is 0 Å². The molecule has 1 atom stereocenters. The number of aliphatic hydroxyl groups is 1. The zero-order valence-electron chi connectivity index (χ0n) is 11.7. The van der Waals surface area contributed by atoms with Crippen LogP contribution in [0.4, 0.5) is 4.39 Å².